The second-order valence-electron chi connectivity index (χ2n) is 7.37. The van der Waals surface area contributed by atoms with Crippen LogP contribution in [-0.2, 0) is 9.31 Å². The molecule has 0 bridgehead atoms. The van der Waals surface area contributed by atoms with Crippen molar-refractivity contribution in [2.24, 2.45) is 0 Å². The molecule has 1 aliphatic heterocycles. The van der Waals surface area contributed by atoms with E-state index in [0.717, 1.165) is 6.29 Å². The normalized spacial score (nSPS) is 17.8. The first-order valence-corrected chi connectivity index (χ1v) is 8.55. The molecule has 0 unspecified atom stereocenters. The summed E-state index contributed by atoms with van der Waals surface area (Å²) >= 11 is 0. The summed E-state index contributed by atoms with van der Waals surface area (Å²) in [4.78, 5) is 23.7. The monoisotopic (exact) mass is 351 g/mol. The standard InChI is InChI=1S/C20H22BNO4/c1-19(2)20(3,4)26-21(25-19)16-12-14(13-23)10-11-17(16)22-18(24)15-8-6-5-7-9-15/h5-13H,1-4H3,(H,22,24). The van der Waals surface area contributed by atoms with Crippen LogP contribution in [0.4, 0.5) is 5.69 Å². The van der Waals surface area contributed by atoms with Crippen LogP contribution in [0.5, 0.6) is 0 Å². The minimum Gasteiger partial charge on any atom is -0.399 e. The average Bonchev–Trinajstić information content (AvgIpc) is 2.83. The highest BCUT2D eigenvalue weighted by atomic mass is 16.7. The number of aldehydes is 1. The Balaban J connectivity index is 1.94. The molecule has 2 aromatic rings. The Morgan fingerprint density at radius 1 is 1.00 bits per heavy atom. The third-order valence-electron chi connectivity index (χ3n) is 5.00. The highest BCUT2D eigenvalue weighted by Crippen LogP contribution is 2.37. The molecule has 1 heterocycles. The second kappa shape index (κ2) is 6.70. The van der Waals surface area contributed by atoms with Crippen LogP contribution in [0.1, 0.15) is 48.4 Å². The number of carbonyl (C=O) groups is 2. The first-order chi connectivity index (χ1) is 12.2. The smallest absolute Gasteiger partial charge is 0.399 e. The maximum absolute atomic E-state index is 12.5. The first kappa shape index (κ1) is 18.4. The topological polar surface area (TPSA) is 64.6 Å². The predicted molar refractivity (Wildman–Crippen MR) is 102 cm³/mol. The molecule has 0 spiro atoms. The van der Waals surface area contributed by atoms with Crippen molar-refractivity contribution in [3.63, 3.8) is 0 Å². The van der Waals surface area contributed by atoms with Crippen molar-refractivity contribution in [2.45, 2.75) is 38.9 Å². The van der Waals surface area contributed by atoms with Crippen molar-refractivity contribution in [3.8, 4) is 0 Å². The maximum atomic E-state index is 12.5. The number of nitrogens with one attached hydrogen (secondary N) is 1. The van der Waals surface area contributed by atoms with Gasteiger partial charge in [-0.25, -0.2) is 0 Å². The fourth-order valence-electron chi connectivity index (χ4n) is 2.72. The summed E-state index contributed by atoms with van der Waals surface area (Å²) in [6.07, 6.45) is 0.761. The van der Waals surface area contributed by atoms with Gasteiger partial charge in [0.15, 0.2) is 0 Å². The van der Waals surface area contributed by atoms with Crippen LogP contribution >= 0.6 is 0 Å². The van der Waals surface area contributed by atoms with Crippen LogP contribution in [0.3, 0.4) is 0 Å². The van der Waals surface area contributed by atoms with Crippen molar-refractivity contribution < 1.29 is 18.9 Å². The number of hydrogen-bond donors (Lipinski definition) is 1. The van der Waals surface area contributed by atoms with Gasteiger partial charge >= 0.3 is 7.12 Å². The summed E-state index contributed by atoms with van der Waals surface area (Å²) in [7, 11) is -0.675. The molecular weight excluding hydrogens is 329 g/mol. The molecule has 3 rings (SSSR count). The summed E-state index contributed by atoms with van der Waals surface area (Å²) in [5, 5.41) is 2.89. The zero-order valence-corrected chi connectivity index (χ0v) is 15.4. The van der Waals surface area contributed by atoms with Crippen molar-refractivity contribution >= 4 is 30.5 Å². The van der Waals surface area contributed by atoms with Gasteiger partial charge in [0.2, 0.25) is 0 Å². The van der Waals surface area contributed by atoms with Gasteiger partial charge in [0, 0.05) is 22.3 Å². The summed E-state index contributed by atoms with van der Waals surface area (Å²) in [5.41, 5.74) is 1.19. The summed E-state index contributed by atoms with van der Waals surface area (Å²) in [5.74, 6) is -0.234. The van der Waals surface area contributed by atoms with Gasteiger partial charge in [-0.3, -0.25) is 9.59 Å². The van der Waals surface area contributed by atoms with Crippen LogP contribution in [0, 0.1) is 0 Å². The SMILES string of the molecule is CC1(C)OB(c2cc(C=O)ccc2NC(=O)c2ccccc2)OC1(C)C. The maximum Gasteiger partial charge on any atom is 0.497 e. The molecule has 5 nitrogen and oxygen atoms in total. The second-order valence-corrected chi connectivity index (χ2v) is 7.37. The van der Waals surface area contributed by atoms with Crippen LogP contribution in [-0.4, -0.2) is 30.5 Å². The van der Waals surface area contributed by atoms with E-state index < -0.39 is 18.3 Å². The van der Waals surface area contributed by atoms with E-state index >= 15 is 0 Å². The molecule has 0 aromatic heterocycles. The summed E-state index contributed by atoms with van der Waals surface area (Å²) in [6.45, 7) is 7.83. The van der Waals surface area contributed by atoms with Crippen LogP contribution in [0.25, 0.3) is 0 Å². The molecule has 1 aliphatic rings. The number of anilines is 1. The minimum atomic E-state index is -0.675. The van der Waals surface area contributed by atoms with Crippen molar-refractivity contribution in [1.29, 1.82) is 0 Å². The first-order valence-electron chi connectivity index (χ1n) is 8.55. The lowest BCUT2D eigenvalue weighted by atomic mass is 9.77. The number of rotatable bonds is 4. The molecule has 0 atom stereocenters. The van der Waals surface area contributed by atoms with Crippen LogP contribution in [0.2, 0.25) is 0 Å². The van der Waals surface area contributed by atoms with Crippen molar-refractivity contribution in [2.75, 3.05) is 5.32 Å². The Morgan fingerprint density at radius 3 is 2.19 bits per heavy atom. The van der Waals surface area contributed by atoms with E-state index in [9.17, 15) is 9.59 Å². The summed E-state index contributed by atoms with van der Waals surface area (Å²) in [6, 6.07) is 14.0. The van der Waals surface area contributed by atoms with Gasteiger partial charge in [0.05, 0.1) is 11.2 Å². The Labute approximate surface area is 153 Å². The third-order valence-corrected chi connectivity index (χ3v) is 5.00. The van der Waals surface area contributed by atoms with Crippen molar-refractivity contribution in [1.82, 2.24) is 0 Å². The van der Waals surface area contributed by atoms with E-state index in [2.05, 4.69) is 5.32 Å². The van der Waals surface area contributed by atoms with Gasteiger partial charge in [0.25, 0.3) is 5.91 Å². The Kier molecular flexibility index (Phi) is 4.73. The third kappa shape index (κ3) is 3.43. The molecule has 6 heteroatoms. The number of carbonyl (C=O) groups excluding carboxylic acids is 2. The fraction of sp³-hybridized carbons (Fsp3) is 0.300. The predicted octanol–water partition coefficient (Wildman–Crippen LogP) is 3.05. The summed E-state index contributed by atoms with van der Waals surface area (Å²) < 4.78 is 12.2. The molecule has 1 amide bonds. The molecule has 1 saturated heterocycles. The van der Waals surface area contributed by atoms with Gasteiger partial charge in [-0.2, -0.15) is 0 Å². The molecular formula is C20H22BNO4. The molecule has 2 aromatic carbocycles. The molecule has 0 saturated carbocycles. The molecule has 0 radical (unpaired) electrons. The lowest BCUT2D eigenvalue weighted by Crippen LogP contribution is -2.41. The van der Waals surface area contributed by atoms with Gasteiger partial charge in [-0.15, -0.1) is 0 Å². The van der Waals surface area contributed by atoms with E-state index in [-0.39, 0.29) is 5.91 Å². The zero-order valence-electron chi connectivity index (χ0n) is 15.4. The van der Waals surface area contributed by atoms with Gasteiger partial charge in [-0.05, 0) is 58.0 Å². The van der Waals surface area contributed by atoms with E-state index in [0.29, 0.717) is 22.3 Å². The zero-order chi connectivity index (χ0) is 18.9. The lowest BCUT2D eigenvalue weighted by molar-refractivity contribution is 0.00578. The van der Waals surface area contributed by atoms with E-state index in [1.165, 1.54) is 0 Å². The molecule has 134 valence electrons. The molecule has 1 fully saturated rings. The Hall–Kier alpha value is -2.44. The highest BCUT2D eigenvalue weighted by Gasteiger charge is 2.52. The number of hydrogen-bond acceptors (Lipinski definition) is 4. The van der Waals surface area contributed by atoms with Crippen molar-refractivity contribution in [3.05, 3.63) is 59.7 Å². The van der Waals surface area contributed by atoms with Gasteiger partial charge in [-0.1, -0.05) is 18.2 Å². The van der Waals surface area contributed by atoms with Crippen LogP contribution in [0.15, 0.2) is 48.5 Å². The Bertz CT molecular complexity index is 817. The molecule has 26 heavy (non-hydrogen) atoms. The minimum absolute atomic E-state index is 0.234. The van der Waals surface area contributed by atoms with Gasteiger partial charge in [0.1, 0.15) is 6.29 Å². The van der Waals surface area contributed by atoms with E-state index in [1.807, 2.05) is 33.8 Å². The van der Waals surface area contributed by atoms with Crippen LogP contribution < -0.4 is 10.8 Å². The molecule has 1 N–H and O–H groups in total. The number of benzene rings is 2. The fourth-order valence-corrected chi connectivity index (χ4v) is 2.72. The van der Waals surface area contributed by atoms with E-state index in [1.54, 1.807) is 42.5 Å². The largest absolute Gasteiger partial charge is 0.497 e. The number of amides is 1. The average molecular weight is 351 g/mol. The molecule has 0 aliphatic carbocycles. The highest BCUT2D eigenvalue weighted by molar-refractivity contribution is 6.64. The lowest BCUT2D eigenvalue weighted by Gasteiger charge is -2.32. The quantitative estimate of drug-likeness (QED) is 0.679. The Morgan fingerprint density at radius 2 is 1.62 bits per heavy atom. The van der Waals surface area contributed by atoms with Gasteiger partial charge < -0.3 is 14.6 Å². The van der Waals surface area contributed by atoms with E-state index in [4.69, 9.17) is 9.31 Å².